The van der Waals surface area contributed by atoms with Crippen LogP contribution < -0.4 is 4.90 Å². The van der Waals surface area contributed by atoms with Crippen LogP contribution in [0.5, 0.6) is 0 Å². The maximum Gasteiger partial charge on any atom is 0.217 e. The quantitative estimate of drug-likeness (QED) is 0.813. The van der Waals surface area contributed by atoms with Crippen molar-refractivity contribution in [2.45, 2.75) is 24.1 Å². The van der Waals surface area contributed by atoms with Crippen LogP contribution in [0.4, 0.5) is 10.2 Å². The van der Waals surface area contributed by atoms with E-state index in [1.54, 1.807) is 19.2 Å². The number of hydrogen-bond donors (Lipinski definition) is 0. The van der Waals surface area contributed by atoms with E-state index in [1.165, 1.54) is 16.4 Å². The fourth-order valence-electron chi connectivity index (χ4n) is 2.95. The Morgan fingerprint density at radius 3 is 2.32 bits per heavy atom. The van der Waals surface area contributed by atoms with Crippen LogP contribution in [0, 0.1) is 5.82 Å². The summed E-state index contributed by atoms with van der Waals surface area (Å²) in [6, 6.07) is 9.80. The zero-order chi connectivity index (χ0) is 17.6. The normalized spacial score (nSPS) is 18.4. The minimum Gasteiger partial charge on any atom is -0.352 e. The molecule has 4 rings (SSSR count). The van der Waals surface area contributed by atoms with Crippen LogP contribution in [0.15, 0.2) is 36.4 Å². The Morgan fingerprint density at radius 2 is 1.76 bits per heavy atom. The van der Waals surface area contributed by atoms with Gasteiger partial charge < -0.3 is 4.90 Å². The van der Waals surface area contributed by atoms with E-state index in [2.05, 4.69) is 10.2 Å². The van der Waals surface area contributed by atoms with Gasteiger partial charge in [-0.1, -0.05) is 0 Å². The number of hydrogen-bond acceptors (Lipinski definition) is 5. The van der Waals surface area contributed by atoms with Crippen LogP contribution in [0.1, 0.15) is 12.8 Å². The maximum atomic E-state index is 13.0. The van der Waals surface area contributed by atoms with E-state index in [0.29, 0.717) is 18.8 Å². The Morgan fingerprint density at radius 1 is 1.08 bits per heavy atom. The molecule has 1 aliphatic heterocycles. The number of benzene rings is 1. The molecule has 0 radical (unpaired) electrons. The summed E-state index contributed by atoms with van der Waals surface area (Å²) in [6.07, 6.45) is 1.55. The molecule has 0 bridgehead atoms. The van der Waals surface area contributed by atoms with Crippen molar-refractivity contribution in [3.05, 3.63) is 42.2 Å². The fraction of sp³-hybridized carbons (Fsp3) is 0.412. The Labute approximate surface area is 146 Å². The summed E-state index contributed by atoms with van der Waals surface area (Å²) in [7, 11) is -1.47. The van der Waals surface area contributed by atoms with Crippen LogP contribution in [0.25, 0.3) is 11.3 Å². The second kappa shape index (κ2) is 6.03. The van der Waals surface area contributed by atoms with E-state index in [-0.39, 0.29) is 17.1 Å². The summed E-state index contributed by atoms with van der Waals surface area (Å²) in [5, 5.41) is 8.23. The van der Waals surface area contributed by atoms with Crippen molar-refractivity contribution >= 4 is 15.8 Å². The number of halogens is 1. The van der Waals surface area contributed by atoms with E-state index in [9.17, 15) is 12.8 Å². The van der Waals surface area contributed by atoms with Gasteiger partial charge in [0, 0.05) is 25.7 Å². The molecule has 8 heteroatoms. The first kappa shape index (κ1) is 16.4. The van der Waals surface area contributed by atoms with Crippen LogP contribution in [-0.4, -0.2) is 54.3 Å². The number of sulfonamides is 1. The molecule has 1 aliphatic carbocycles. The highest BCUT2D eigenvalue weighted by molar-refractivity contribution is 7.90. The lowest BCUT2D eigenvalue weighted by Crippen LogP contribution is -2.60. The molecule has 1 saturated heterocycles. The molecule has 2 aromatic rings. The van der Waals surface area contributed by atoms with Crippen LogP contribution in [0.2, 0.25) is 0 Å². The summed E-state index contributed by atoms with van der Waals surface area (Å²) >= 11 is 0. The topological polar surface area (TPSA) is 66.4 Å². The molecule has 25 heavy (non-hydrogen) atoms. The molecule has 6 nitrogen and oxygen atoms in total. The molecule has 1 saturated carbocycles. The van der Waals surface area contributed by atoms with Gasteiger partial charge in [0.25, 0.3) is 0 Å². The Hall–Kier alpha value is -2.06. The van der Waals surface area contributed by atoms with Crippen molar-refractivity contribution in [2.24, 2.45) is 0 Å². The van der Waals surface area contributed by atoms with Gasteiger partial charge in [-0.05, 0) is 49.2 Å². The first-order chi connectivity index (χ1) is 11.9. The predicted molar refractivity (Wildman–Crippen MR) is 93.1 cm³/mol. The highest BCUT2D eigenvalue weighted by Gasteiger charge is 2.44. The fourth-order valence-corrected chi connectivity index (χ4v) is 4.70. The smallest absolute Gasteiger partial charge is 0.217 e. The van der Waals surface area contributed by atoms with Gasteiger partial charge in [0.2, 0.25) is 10.0 Å². The highest BCUT2D eigenvalue weighted by Crippen LogP contribution is 2.33. The molecule has 0 unspecified atom stereocenters. The average Bonchev–Trinajstić information content (AvgIpc) is 3.40. The third kappa shape index (κ3) is 3.11. The summed E-state index contributed by atoms with van der Waals surface area (Å²) in [6.45, 7) is 1.24. The predicted octanol–water partition coefficient (Wildman–Crippen LogP) is 1.90. The van der Waals surface area contributed by atoms with E-state index in [4.69, 9.17) is 0 Å². The largest absolute Gasteiger partial charge is 0.352 e. The Kier molecular flexibility index (Phi) is 3.96. The van der Waals surface area contributed by atoms with Gasteiger partial charge in [-0.2, -0.15) is 4.31 Å². The molecule has 2 heterocycles. The molecule has 0 N–H and O–H groups in total. The summed E-state index contributed by atoms with van der Waals surface area (Å²) < 4.78 is 39.0. The van der Waals surface area contributed by atoms with Crippen LogP contribution in [0.3, 0.4) is 0 Å². The minimum absolute atomic E-state index is 0.0100. The Bertz CT molecular complexity index is 861. The molecular formula is C17H19FN4O2S. The van der Waals surface area contributed by atoms with Gasteiger partial charge in [0.05, 0.1) is 17.0 Å². The number of aromatic nitrogens is 2. The number of rotatable bonds is 5. The Balaban J connectivity index is 1.40. The third-order valence-corrected chi connectivity index (χ3v) is 7.25. The monoisotopic (exact) mass is 362 g/mol. The molecule has 1 aromatic heterocycles. The lowest BCUT2D eigenvalue weighted by Gasteiger charge is -2.43. The molecular weight excluding hydrogens is 343 g/mol. The van der Waals surface area contributed by atoms with Crippen molar-refractivity contribution in [1.29, 1.82) is 0 Å². The van der Waals surface area contributed by atoms with Crippen molar-refractivity contribution in [1.82, 2.24) is 14.5 Å². The zero-order valence-corrected chi connectivity index (χ0v) is 14.7. The van der Waals surface area contributed by atoms with E-state index >= 15 is 0 Å². The molecule has 1 aromatic carbocycles. The lowest BCUT2D eigenvalue weighted by molar-refractivity contribution is 0.308. The minimum atomic E-state index is -3.14. The van der Waals surface area contributed by atoms with E-state index in [1.807, 2.05) is 17.0 Å². The van der Waals surface area contributed by atoms with E-state index < -0.39 is 10.0 Å². The summed E-state index contributed by atoms with van der Waals surface area (Å²) in [4.78, 5) is 2.00. The van der Waals surface area contributed by atoms with Crippen molar-refractivity contribution in [3.8, 4) is 11.3 Å². The standard InChI is InChI=1S/C17H19FN4O2S/c1-21(25(23,24)15-6-7-15)14-10-22(11-14)17-9-8-16(19-20-17)12-2-4-13(18)5-3-12/h2-5,8-9,14-15H,6-7,10-11H2,1H3. The molecule has 0 spiro atoms. The molecule has 132 valence electrons. The lowest BCUT2D eigenvalue weighted by atomic mass is 10.1. The first-order valence-corrected chi connectivity index (χ1v) is 9.77. The van der Waals surface area contributed by atoms with Gasteiger partial charge in [-0.15, -0.1) is 10.2 Å². The maximum absolute atomic E-state index is 13.0. The van der Waals surface area contributed by atoms with Crippen molar-refractivity contribution in [3.63, 3.8) is 0 Å². The van der Waals surface area contributed by atoms with Gasteiger partial charge >= 0.3 is 0 Å². The van der Waals surface area contributed by atoms with Crippen LogP contribution >= 0.6 is 0 Å². The number of likely N-dealkylation sites (N-methyl/N-ethyl adjacent to an activating group) is 1. The molecule has 2 fully saturated rings. The number of anilines is 1. The SMILES string of the molecule is CN(C1CN(c2ccc(-c3ccc(F)cc3)nn2)C1)S(=O)(=O)C1CC1. The third-order valence-electron chi connectivity index (χ3n) is 4.84. The van der Waals surface area contributed by atoms with E-state index in [0.717, 1.165) is 24.2 Å². The van der Waals surface area contributed by atoms with Crippen molar-refractivity contribution < 1.29 is 12.8 Å². The highest BCUT2D eigenvalue weighted by atomic mass is 32.2. The van der Waals surface area contributed by atoms with Gasteiger partial charge in [0.1, 0.15) is 5.82 Å². The van der Waals surface area contributed by atoms with Gasteiger partial charge in [-0.3, -0.25) is 0 Å². The second-order valence-corrected chi connectivity index (χ2v) is 8.88. The van der Waals surface area contributed by atoms with Crippen molar-refractivity contribution in [2.75, 3.05) is 25.0 Å². The second-order valence-electron chi connectivity index (χ2n) is 6.60. The van der Waals surface area contributed by atoms with Gasteiger partial charge in [-0.25, -0.2) is 12.8 Å². The summed E-state index contributed by atoms with van der Waals surface area (Å²) in [5.41, 5.74) is 1.48. The van der Waals surface area contributed by atoms with Gasteiger partial charge in [0.15, 0.2) is 5.82 Å². The zero-order valence-electron chi connectivity index (χ0n) is 13.8. The molecule has 0 atom stereocenters. The molecule has 0 amide bonds. The summed E-state index contributed by atoms with van der Waals surface area (Å²) in [5.74, 6) is 0.435. The average molecular weight is 362 g/mol. The number of nitrogens with zero attached hydrogens (tertiary/aromatic N) is 4. The molecule has 2 aliphatic rings. The van der Waals surface area contributed by atoms with Crippen LogP contribution in [-0.2, 0) is 10.0 Å². The first-order valence-electron chi connectivity index (χ1n) is 8.26.